The van der Waals surface area contributed by atoms with Gasteiger partial charge in [-0.3, -0.25) is 4.79 Å². The first kappa shape index (κ1) is 15.9. The van der Waals surface area contributed by atoms with Gasteiger partial charge in [0, 0.05) is 6.42 Å². The molecule has 0 radical (unpaired) electrons. The summed E-state index contributed by atoms with van der Waals surface area (Å²) < 4.78 is 54.4. The van der Waals surface area contributed by atoms with Crippen molar-refractivity contribution in [1.29, 1.82) is 5.26 Å². The Morgan fingerprint density at radius 3 is 2.68 bits per heavy atom. The third-order valence-electron chi connectivity index (χ3n) is 3.23. The molecule has 1 heterocycles. The molecule has 1 aromatic carbocycles. The lowest BCUT2D eigenvalue weighted by molar-refractivity contribution is -0.274. The third kappa shape index (κ3) is 3.21. The van der Waals surface area contributed by atoms with Gasteiger partial charge in [0.2, 0.25) is 5.91 Å². The third-order valence-corrected chi connectivity index (χ3v) is 3.23. The molecule has 1 fully saturated rings. The maximum Gasteiger partial charge on any atom is 0.573 e. The van der Waals surface area contributed by atoms with Gasteiger partial charge in [0.05, 0.1) is 12.2 Å². The van der Waals surface area contributed by atoms with Gasteiger partial charge >= 0.3 is 6.36 Å². The van der Waals surface area contributed by atoms with Gasteiger partial charge in [-0.25, -0.2) is 4.39 Å². The van der Waals surface area contributed by atoms with Gasteiger partial charge in [0.25, 0.3) is 0 Å². The van der Waals surface area contributed by atoms with Crippen LogP contribution >= 0.6 is 0 Å². The Kier molecular flexibility index (Phi) is 4.12. The van der Waals surface area contributed by atoms with Gasteiger partial charge in [-0.2, -0.15) is 5.26 Å². The number of carbonyl (C=O) groups excluding carboxylic acids is 1. The Morgan fingerprint density at radius 2 is 2.14 bits per heavy atom. The first-order valence-electron chi connectivity index (χ1n) is 6.22. The van der Waals surface area contributed by atoms with Crippen molar-refractivity contribution in [3.05, 3.63) is 23.8 Å². The molecule has 2 rings (SSSR count). The lowest BCUT2D eigenvalue weighted by Gasteiger charge is -2.25. The Labute approximate surface area is 122 Å². The van der Waals surface area contributed by atoms with E-state index in [1.54, 1.807) is 6.07 Å². The van der Waals surface area contributed by atoms with Crippen molar-refractivity contribution in [2.24, 2.45) is 5.73 Å². The van der Waals surface area contributed by atoms with Crippen LogP contribution < -0.4 is 15.4 Å². The number of benzene rings is 1. The number of carbonyl (C=O) groups is 1. The largest absolute Gasteiger partial charge is 0.573 e. The van der Waals surface area contributed by atoms with Crippen LogP contribution in [0.4, 0.5) is 23.2 Å². The second-order valence-corrected chi connectivity index (χ2v) is 4.71. The summed E-state index contributed by atoms with van der Waals surface area (Å²) in [5.41, 5.74) is 4.73. The highest BCUT2D eigenvalue weighted by molar-refractivity contribution is 5.85. The van der Waals surface area contributed by atoms with Crippen LogP contribution in [0.15, 0.2) is 18.2 Å². The Bertz CT molecular complexity index is 627. The minimum atomic E-state index is -4.97. The highest BCUT2D eigenvalue weighted by atomic mass is 19.4. The number of nitrogens with two attached hydrogens (primary N) is 1. The number of alkyl halides is 4. The summed E-state index contributed by atoms with van der Waals surface area (Å²) in [4.78, 5) is 12.6. The number of ether oxygens (including phenoxy) is 1. The van der Waals surface area contributed by atoms with Crippen LogP contribution in [0, 0.1) is 11.3 Å². The van der Waals surface area contributed by atoms with Crippen LogP contribution in [-0.4, -0.2) is 31.0 Å². The van der Waals surface area contributed by atoms with E-state index >= 15 is 0 Å². The predicted molar refractivity (Wildman–Crippen MR) is 67.7 cm³/mol. The highest BCUT2D eigenvalue weighted by Crippen LogP contribution is 2.36. The summed E-state index contributed by atoms with van der Waals surface area (Å²) >= 11 is 0. The molecular weight excluding hydrogens is 306 g/mol. The summed E-state index contributed by atoms with van der Waals surface area (Å²) in [5.74, 6) is -1.52. The standard InChI is InChI=1S/C13H11F4N3O2/c14-7-4-10(12(19)21)20(6-7)9-2-1-3-11(8(9)5-18)22-13(15,16)17/h1-3,7,10H,4,6H2,(H2,19,21). The molecule has 0 bridgehead atoms. The fourth-order valence-electron chi connectivity index (χ4n) is 2.40. The summed E-state index contributed by atoms with van der Waals surface area (Å²) in [6.45, 7) is -0.238. The van der Waals surface area contributed by atoms with Crippen molar-refractivity contribution >= 4 is 11.6 Å². The molecule has 1 saturated heterocycles. The summed E-state index contributed by atoms with van der Waals surface area (Å²) in [6.07, 6.45) is -6.51. The quantitative estimate of drug-likeness (QED) is 0.863. The second-order valence-electron chi connectivity index (χ2n) is 4.71. The maximum atomic E-state index is 13.5. The number of hydrogen-bond acceptors (Lipinski definition) is 4. The minimum Gasteiger partial charge on any atom is -0.404 e. The molecule has 1 aliphatic rings. The molecule has 0 aliphatic carbocycles. The van der Waals surface area contributed by atoms with E-state index < -0.39 is 35.8 Å². The monoisotopic (exact) mass is 317 g/mol. The maximum absolute atomic E-state index is 13.5. The van der Waals surface area contributed by atoms with Crippen LogP contribution in [0.1, 0.15) is 12.0 Å². The molecule has 2 unspecified atom stereocenters. The topological polar surface area (TPSA) is 79.3 Å². The zero-order valence-electron chi connectivity index (χ0n) is 11.1. The lowest BCUT2D eigenvalue weighted by atomic mass is 10.1. The number of anilines is 1. The van der Waals surface area contributed by atoms with E-state index in [9.17, 15) is 22.4 Å². The molecule has 118 valence electrons. The van der Waals surface area contributed by atoms with Gasteiger partial charge in [-0.15, -0.1) is 13.2 Å². The highest BCUT2D eigenvalue weighted by Gasteiger charge is 2.38. The Hall–Kier alpha value is -2.50. The van der Waals surface area contributed by atoms with Crippen LogP contribution in [0.5, 0.6) is 5.75 Å². The first-order chi connectivity index (χ1) is 10.2. The normalized spacial score (nSPS) is 21.5. The SMILES string of the molecule is N#Cc1c(OC(F)(F)F)cccc1N1CC(F)CC1C(N)=O. The van der Waals surface area contributed by atoms with Crippen LogP contribution in [0.3, 0.4) is 0 Å². The van der Waals surface area contributed by atoms with E-state index in [1.807, 2.05) is 0 Å². The fraction of sp³-hybridized carbons (Fsp3) is 0.385. The van der Waals surface area contributed by atoms with E-state index in [2.05, 4.69) is 4.74 Å². The van der Waals surface area contributed by atoms with Crippen molar-refractivity contribution in [2.45, 2.75) is 25.0 Å². The number of rotatable bonds is 3. The zero-order chi connectivity index (χ0) is 16.5. The number of hydrogen-bond donors (Lipinski definition) is 1. The number of amides is 1. The molecule has 1 amide bonds. The molecule has 1 aliphatic heterocycles. The average molecular weight is 317 g/mol. The van der Waals surface area contributed by atoms with Gasteiger partial charge in [-0.1, -0.05) is 6.07 Å². The van der Waals surface area contributed by atoms with Crippen molar-refractivity contribution in [2.75, 3.05) is 11.4 Å². The molecule has 0 saturated carbocycles. The lowest BCUT2D eigenvalue weighted by Crippen LogP contribution is -2.40. The molecular formula is C13H11F4N3O2. The number of nitrogens with zero attached hydrogens (tertiary/aromatic N) is 2. The molecule has 2 atom stereocenters. The van der Waals surface area contributed by atoms with E-state index in [1.165, 1.54) is 17.0 Å². The first-order valence-corrected chi connectivity index (χ1v) is 6.22. The fourth-order valence-corrected chi connectivity index (χ4v) is 2.40. The van der Waals surface area contributed by atoms with Crippen molar-refractivity contribution < 1.29 is 27.1 Å². The molecule has 22 heavy (non-hydrogen) atoms. The number of nitriles is 1. The predicted octanol–water partition coefficient (Wildman–Crippen LogP) is 1.86. The van der Waals surface area contributed by atoms with Gasteiger partial charge < -0.3 is 15.4 Å². The van der Waals surface area contributed by atoms with Gasteiger partial charge in [0.15, 0.2) is 0 Å². The van der Waals surface area contributed by atoms with Gasteiger partial charge in [0.1, 0.15) is 29.6 Å². The van der Waals surface area contributed by atoms with Crippen LogP contribution in [-0.2, 0) is 4.79 Å². The molecule has 0 spiro atoms. The molecule has 2 N–H and O–H groups in total. The molecule has 1 aromatic rings. The number of primary amides is 1. The van der Waals surface area contributed by atoms with E-state index in [4.69, 9.17) is 11.0 Å². The van der Waals surface area contributed by atoms with Crippen molar-refractivity contribution in [1.82, 2.24) is 0 Å². The Morgan fingerprint density at radius 1 is 1.45 bits per heavy atom. The van der Waals surface area contributed by atoms with E-state index in [-0.39, 0.29) is 18.7 Å². The molecule has 9 heteroatoms. The number of halogens is 4. The average Bonchev–Trinajstić information content (AvgIpc) is 2.79. The summed E-state index contributed by atoms with van der Waals surface area (Å²) in [6, 6.07) is 4.08. The van der Waals surface area contributed by atoms with Gasteiger partial charge in [-0.05, 0) is 12.1 Å². The Balaban J connectivity index is 2.45. The van der Waals surface area contributed by atoms with Crippen LogP contribution in [0.2, 0.25) is 0 Å². The minimum absolute atomic E-state index is 0.0202. The molecule has 0 aromatic heterocycles. The smallest absolute Gasteiger partial charge is 0.404 e. The van der Waals surface area contributed by atoms with Crippen LogP contribution in [0.25, 0.3) is 0 Å². The second kappa shape index (κ2) is 5.71. The van der Waals surface area contributed by atoms with E-state index in [0.717, 1.165) is 6.07 Å². The summed E-state index contributed by atoms with van der Waals surface area (Å²) in [5, 5.41) is 9.11. The zero-order valence-corrected chi connectivity index (χ0v) is 11.1. The van der Waals surface area contributed by atoms with E-state index in [0.29, 0.717) is 0 Å². The molecule has 5 nitrogen and oxygen atoms in total. The van der Waals surface area contributed by atoms with Crippen molar-refractivity contribution in [3.63, 3.8) is 0 Å². The summed E-state index contributed by atoms with van der Waals surface area (Å²) in [7, 11) is 0. The van der Waals surface area contributed by atoms with Crippen molar-refractivity contribution in [3.8, 4) is 11.8 Å².